The van der Waals surface area contributed by atoms with Gasteiger partial charge in [0, 0.05) is 0 Å². The van der Waals surface area contributed by atoms with Crippen molar-refractivity contribution < 1.29 is 4.39 Å². The predicted octanol–water partition coefficient (Wildman–Crippen LogP) is 4.49. The Balaban J connectivity index is 2.53. The lowest BCUT2D eigenvalue weighted by molar-refractivity contribution is 0.323. The van der Waals surface area contributed by atoms with Crippen LogP contribution in [0.5, 0.6) is 0 Å². The average molecular weight is 196 g/mol. The van der Waals surface area contributed by atoms with Gasteiger partial charge in [-0.05, 0) is 29.9 Å². The summed E-state index contributed by atoms with van der Waals surface area (Å²) in [6.07, 6.45) is 9.07. The highest BCUT2D eigenvalue weighted by Crippen LogP contribution is 2.32. The smallest absolute Gasteiger partial charge is 0.119 e. The standard InChI is InChI=1S/C13H21F/c1-4-5-6-10(2)13-9-12(14)8-7-11(13)3/h7-11,13H,4-6H2,1-3H3. The maximum Gasteiger partial charge on any atom is 0.119 e. The summed E-state index contributed by atoms with van der Waals surface area (Å²) in [6, 6.07) is 0. The lowest BCUT2D eigenvalue weighted by Crippen LogP contribution is -2.18. The van der Waals surface area contributed by atoms with E-state index < -0.39 is 0 Å². The monoisotopic (exact) mass is 196 g/mol. The van der Waals surface area contributed by atoms with Gasteiger partial charge in [-0.2, -0.15) is 0 Å². The van der Waals surface area contributed by atoms with Gasteiger partial charge in [-0.3, -0.25) is 0 Å². The Hall–Kier alpha value is -0.590. The summed E-state index contributed by atoms with van der Waals surface area (Å²) < 4.78 is 13.1. The fourth-order valence-electron chi connectivity index (χ4n) is 2.16. The Kier molecular flexibility index (Phi) is 4.37. The molecule has 80 valence electrons. The highest BCUT2D eigenvalue weighted by molar-refractivity contribution is 5.20. The summed E-state index contributed by atoms with van der Waals surface area (Å²) in [4.78, 5) is 0. The molecule has 3 atom stereocenters. The van der Waals surface area contributed by atoms with Crippen LogP contribution in [0, 0.1) is 17.8 Å². The third-order valence-electron chi connectivity index (χ3n) is 3.19. The van der Waals surface area contributed by atoms with Gasteiger partial charge in [-0.15, -0.1) is 0 Å². The van der Waals surface area contributed by atoms with Crippen LogP contribution in [0.4, 0.5) is 4.39 Å². The van der Waals surface area contributed by atoms with Crippen LogP contribution in [0.2, 0.25) is 0 Å². The molecule has 14 heavy (non-hydrogen) atoms. The maximum absolute atomic E-state index is 13.1. The molecule has 0 nitrogen and oxygen atoms in total. The fraction of sp³-hybridized carbons (Fsp3) is 0.692. The summed E-state index contributed by atoms with van der Waals surface area (Å²) in [5, 5.41) is 0. The average Bonchev–Trinajstić information content (AvgIpc) is 2.18. The van der Waals surface area contributed by atoms with Crippen molar-refractivity contribution in [3.8, 4) is 0 Å². The van der Waals surface area contributed by atoms with Gasteiger partial charge in [0.15, 0.2) is 0 Å². The minimum atomic E-state index is -0.0588. The number of hydrogen-bond acceptors (Lipinski definition) is 0. The molecule has 0 N–H and O–H groups in total. The minimum absolute atomic E-state index is 0.0588. The molecule has 0 fully saturated rings. The molecule has 0 spiro atoms. The van der Waals surface area contributed by atoms with Gasteiger partial charge in [0.05, 0.1) is 0 Å². The van der Waals surface area contributed by atoms with Gasteiger partial charge in [0.1, 0.15) is 5.83 Å². The van der Waals surface area contributed by atoms with E-state index in [0.29, 0.717) is 17.8 Å². The molecule has 1 rings (SSSR count). The van der Waals surface area contributed by atoms with E-state index in [4.69, 9.17) is 0 Å². The van der Waals surface area contributed by atoms with Crippen LogP contribution >= 0.6 is 0 Å². The maximum atomic E-state index is 13.1. The van der Waals surface area contributed by atoms with Crippen molar-refractivity contribution in [3.05, 3.63) is 24.1 Å². The molecule has 0 heterocycles. The zero-order chi connectivity index (χ0) is 10.6. The third-order valence-corrected chi connectivity index (χ3v) is 3.19. The lowest BCUT2D eigenvalue weighted by atomic mass is 9.78. The number of halogens is 1. The molecule has 0 aromatic heterocycles. The van der Waals surface area contributed by atoms with Crippen LogP contribution in [0.3, 0.4) is 0 Å². The van der Waals surface area contributed by atoms with Crippen molar-refractivity contribution in [2.45, 2.75) is 40.0 Å². The summed E-state index contributed by atoms with van der Waals surface area (Å²) in [5.41, 5.74) is 0. The van der Waals surface area contributed by atoms with Gasteiger partial charge in [0.25, 0.3) is 0 Å². The SMILES string of the molecule is CCCCC(C)C1C=C(F)C=CC1C. The highest BCUT2D eigenvalue weighted by atomic mass is 19.1. The number of hydrogen-bond donors (Lipinski definition) is 0. The Morgan fingerprint density at radius 3 is 2.86 bits per heavy atom. The van der Waals surface area contributed by atoms with E-state index in [1.54, 1.807) is 12.2 Å². The second-order valence-corrected chi connectivity index (χ2v) is 4.47. The molecule has 1 aliphatic rings. The van der Waals surface area contributed by atoms with Crippen molar-refractivity contribution in [1.82, 2.24) is 0 Å². The largest absolute Gasteiger partial charge is 0.207 e. The molecule has 0 radical (unpaired) electrons. The number of rotatable bonds is 4. The Morgan fingerprint density at radius 2 is 2.21 bits per heavy atom. The molecule has 0 amide bonds. The lowest BCUT2D eigenvalue weighted by Gasteiger charge is -2.27. The summed E-state index contributed by atoms with van der Waals surface area (Å²) in [5.74, 6) is 1.42. The molecular formula is C13H21F. The second-order valence-electron chi connectivity index (χ2n) is 4.47. The molecule has 0 saturated heterocycles. The van der Waals surface area contributed by atoms with Crippen LogP contribution in [0.1, 0.15) is 40.0 Å². The quantitative estimate of drug-likeness (QED) is 0.621. The van der Waals surface area contributed by atoms with E-state index in [0.717, 1.165) is 0 Å². The zero-order valence-electron chi connectivity index (χ0n) is 9.46. The summed E-state index contributed by atoms with van der Waals surface area (Å²) in [7, 11) is 0. The Bertz CT molecular complexity index is 227. The van der Waals surface area contributed by atoms with E-state index >= 15 is 0 Å². The summed E-state index contributed by atoms with van der Waals surface area (Å²) in [6.45, 7) is 6.61. The summed E-state index contributed by atoms with van der Waals surface area (Å²) >= 11 is 0. The molecule has 0 aromatic rings. The molecule has 0 bridgehead atoms. The highest BCUT2D eigenvalue weighted by Gasteiger charge is 2.22. The first-order chi connectivity index (χ1) is 6.65. The van der Waals surface area contributed by atoms with Crippen molar-refractivity contribution in [2.75, 3.05) is 0 Å². The number of allylic oxidation sites excluding steroid dienone is 4. The van der Waals surface area contributed by atoms with Crippen molar-refractivity contribution in [1.29, 1.82) is 0 Å². The third kappa shape index (κ3) is 2.97. The van der Waals surface area contributed by atoms with Crippen LogP contribution in [0.25, 0.3) is 0 Å². The molecular weight excluding hydrogens is 175 g/mol. The van der Waals surface area contributed by atoms with Crippen LogP contribution < -0.4 is 0 Å². The van der Waals surface area contributed by atoms with Crippen molar-refractivity contribution in [2.24, 2.45) is 17.8 Å². The Labute approximate surface area is 86.9 Å². The first-order valence-corrected chi connectivity index (χ1v) is 5.70. The zero-order valence-corrected chi connectivity index (χ0v) is 9.46. The molecule has 0 aromatic carbocycles. The van der Waals surface area contributed by atoms with Gasteiger partial charge in [0.2, 0.25) is 0 Å². The molecule has 0 saturated carbocycles. The van der Waals surface area contributed by atoms with E-state index in [1.807, 2.05) is 6.08 Å². The first kappa shape index (κ1) is 11.5. The van der Waals surface area contributed by atoms with Crippen LogP contribution in [-0.4, -0.2) is 0 Å². The van der Waals surface area contributed by atoms with E-state index in [2.05, 4.69) is 20.8 Å². The minimum Gasteiger partial charge on any atom is -0.207 e. The first-order valence-electron chi connectivity index (χ1n) is 5.70. The topological polar surface area (TPSA) is 0 Å². The number of unbranched alkanes of at least 4 members (excludes halogenated alkanes) is 1. The van der Waals surface area contributed by atoms with Crippen molar-refractivity contribution >= 4 is 0 Å². The van der Waals surface area contributed by atoms with E-state index in [9.17, 15) is 4.39 Å². The van der Waals surface area contributed by atoms with Gasteiger partial charge in [-0.25, -0.2) is 4.39 Å². The van der Waals surface area contributed by atoms with Gasteiger partial charge < -0.3 is 0 Å². The fourth-order valence-corrected chi connectivity index (χ4v) is 2.16. The van der Waals surface area contributed by atoms with Crippen LogP contribution in [0.15, 0.2) is 24.1 Å². The molecule has 1 heteroatoms. The predicted molar refractivity (Wildman–Crippen MR) is 59.7 cm³/mol. The Morgan fingerprint density at radius 1 is 1.50 bits per heavy atom. The van der Waals surface area contributed by atoms with Gasteiger partial charge in [-0.1, -0.05) is 46.1 Å². The molecule has 3 unspecified atom stereocenters. The van der Waals surface area contributed by atoms with Gasteiger partial charge >= 0.3 is 0 Å². The molecule has 0 aliphatic heterocycles. The van der Waals surface area contributed by atoms with Crippen LogP contribution in [-0.2, 0) is 0 Å². The normalized spacial score (nSPS) is 28.7. The van der Waals surface area contributed by atoms with E-state index in [-0.39, 0.29) is 5.83 Å². The molecule has 1 aliphatic carbocycles. The van der Waals surface area contributed by atoms with Crippen molar-refractivity contribution in [3.63, 3.8) is 0 Å². The second kappa shape index (κ2) is 5.33. The van der Waals surface area contributed by atoms with E-state index in [1.165, 1.54) is 19.3 Å².